The molecule has 9 nitrogen and oxygen atoms in total. The molecule has 0 rings (SSSR count). The number of likely N-dealkylation sites (N-methyl/N-ethyl adjacent to an activating group) is 1. The van der Waals surface area contributed by atoms with Crippen LogP contribution < -0.4 is 5.11 Å². The minimum atomic E-state index is -1.62. The van der Waals surface area contributed by atoms with E-state index in [1.165, 1.54) is 109 Å². The van der Waals surface area contributed by atoms with Crippen LogP contribution >= 0.6 is 0 Å². The van der Waals surface area contributed by atoms with Crippen LogP contribution in [0.4, 0.5) is 0 Å². The number of hydrogen-bond donors (Lipinski definition) is 0. The second-order valence-electron chi connectivity index (χ2n) is 19.1. The molecule has 0 radical (unpaired) electrons. The number of carbonyl (C=O) groups is 3. The molecule has 0 aromatic carbocycles. The van der Waals surface area contributed by atoms with E-state index in [0.29, 0.717) is 23.9 Å². The Morgan fingerprint density at radius 3 is 1.27 bits per heavy atom. The zero-order valence-electron chi connectivity index (χ0n) is 43.8. The predicted molar refractivity (Wildman–Crippen MR) is 278 cm³/mol. The van der Waals surface area contributed by atoms with Gasteiger partial charge in [-0.05, 0) is 64.2 Å². The zero-order valence-corrected chi connectivity index (χ0v) is 43.8. The highest BCUT2D eigenvalue weighted by Gasteiger charge is 2.22. The van der Waals surface area contributed by atoms with Crippen molar-refractivity contribution in [1.29, 1.82) is 0 Å². The molecule has 2 unspecified atom stereocenters. The third kappa shape index (κ3) is 50.4. The SMILES string of the molecule is CC/C=C\C/C=C\C/C=C\C/C=C\C/C=C\C/C=C\CCCCCCCCCCCCCCC(=O)OC(COC(=O)CCCCCCCCCCCCC)COC(OCC[N+](C)(C)C)C(=O)[O-]. The van der Waals surface area contributed by atoms with Crippen molar-refractivity contribution in [3.63, 3.8) is 0 Å². The number of carbonyl (C=O) groups excluding carboxylic acids is 3. The molecule has 386 valence electrons. The second-order valence-corrected chi connectivity index (χ2v) is 19.1. The van der Waals surface area contributed by atoms with Gasteiger partial charge in [0.1, 0.15) is 13.2 Å². The van der Waals surface area contributed by atoms with Gasteiger partial charge >= 0.3 is 11.9 Å². The molecule has 0 bridgehead atoms. The van der Waals surface area contributed by atoms with Gasteiger partial charge in [-0.2, -0.15) is 0 Å². The van der Waals surface area contributed by atoms with Crippen LogP contribution in [0.3, 0.4) is 0 Å². The number of rotatable bonds is 49. The van der Waals surface area contributed by atoms with E-state index in [1.54, 1.807) is 0 Å². The van der Waals surface area contributed by atoms with Crippen molar-refractivity contribution in [1.82, 2.24) is 0 Å². The van der Waals surface area contributed by atoms with Gasteiger partial charge in [-0.25, -0.2) is 0 Å². The molecule has 0 aliphatic rings. The van der Waals surface area contributed by atoms with Crippen molar-refractivity contribution in [2.75, 3.05) is 47.5 Å². The minimum Gasteiger partial charge on any atom is -0.545 e. The predicted octanol–water partition coefficient (Wildman–Crippen LogP) is 14.1. The number of nitrogens with zero attached hydrogens (tertiary/aromatic N) is 1. The third-order valence-electron chi connectivity index (χ3n) is 11.5. The summed E-state index contributed by atoms with van der Waals surface area (Å²) in [6, 6.07) is 0. The lowest BCUT2D eigenvalue weighted by Crippen LogP contribution is -2.44. The first-order valence-electron chi connectivity index (χ1n) is 27.1. The van der Waals surface area contributed by atoms with Crippen molar-refractivity contribution in [3.05, 3.63) is 72.9 Å². The van der Waals surface area contributed by atoms with Gasteiger partial charge in [0.2, 0.25) is 0 Å². The Hall–Kier alpha value is -3.27. The van der Waals surface area contributed by atoms with Gasteiger partial charge < -0.3 is 33.3 Å². The smallest absolute Gasteiger partial charge is 0.306 e. The monoisotopic (exact) mass is 940 g/mol. The number of esters is 2. The summed E-state index contributed by atoms with van der Waals surface area (Å²) >= 11 is 0. The molecule has 0 spiro atoms. The van der Waals surface area contributed by atoms with Crippen molar-refractivity contribution in [3.8, 4) is 0 Å². The average Bonchev–Trinajstić information content (AvgIpc) is 3.29. The third-order valence-corrected chi connectivity index (χ3v) is 11.5. The molecule has 0 heterocycles. The molecule has 0 amide bonds. The van der Waals surface area contributed by atoms with Crippen LogP contribution in [0.2, 0.25) is 0 Å². The summed E-state index contributed by atoms with van der Waals surface area (Å²) in [5, 5.41) is 11.7. The Labute approximate surface area is 411 Å². The van der Waals surface area contributed by atoms with Crippen molar-refractivity contribution in [2.45, 2.75) is 232 Å². The molecule has 0 saturated carbocycles. The van der Waals surface area contributed by atoms with Gasteiger partial charge in [0.05, 0.1) is 40.3 Å². The van der Waals surface area contributed by atoms with Crippen molar-refractivity contribution in [2.24, 2.45) is 0 Å². The topological polar surface area (TPSA) is 111 Å². The fourth-order valence-electron chi connectivity index (χ4n) is 7.30. The molecule has 0 aliphatic heterocycles. The lowest BCUT2D eigenvalue weighted by Gasteiger charge is -2.26. The summed E-state index contributed by atoms with van der Waals surface area (Å²) in [5.41, 5.74) is 0. The molecule has 2 atom stereocenters. The van der Waals surface area contributed by atoms with Gasteiger partial charge in [0.25, 0.3) is 0 Å². The molecule has 0 aliphatic carbocycles. The first kappa shape index (κ1) is 63.7. The van der Waals surface area contributed by atoms with Crippen molar-refractivity contribution >= 4 is 17.9 Å². The van der Waals surface area contributed by atoms with Crippen molar-refractivity contribution < 1.29 is 42.9 Å². The number of ether oxygens (including phenoxy) is 4. The highest BCUT2D eigenvalue weighted by atomic mass is 16.7. The fraction of sp³-hybridized carbons (Fsp3) is 0.741. The lowest BCUT2D eigenvalue weighted by molar-refractivity contribution is -0.870. The molecular weight excluding hydrogens is 839 g/mol. The maximum atomic E-state index is 12.8. The summed E-state index contributed by atoms with van der Waals surface area (Å²) in [6.07, 6.45) is 59.5. The average molecular weight is 940 g/mol. The maximum absolute atomic E-state index is 12.8. The number of allylic oxidation sites excluding steroid dienone is 12. The summed E-state index contributed by atoms with van der Waals surface area (Å²) in [5.74, 6) is -2.29. The number of unbranched alkanes of at least 4 members (excludes halogenated alkanes) is 22. The number of hydrogen-bond acceptors (Lipinski definition) is 8. The minimum absolute atomic E-state index is 0.146. The Kier molecular flexibility index (Phi) is 46.8. The normalized spacial score (nSPS) is 13.4. The van der Waals surface area contributed by atoms with E-state index in [0.717, 1.165) is 77.0 Å². The first-order chi connectivity index (χ1) is 32.6. The highest BCUT2D eigenvalue weighted by Crippen LogP contribution is 2.15. The molecule has 0 fully saturated rings. The van der Waals surface area contributed by atoms with Crippen LogP contribution in [0.5, 0.6) is 0 Å². The number of quaternary nitrogens is 1. The van der Waals surface area contributed by atoms with Crippen LogP contribution in [0, 0.1) is 0 Å². The van der Waals surface area contributed by atoms with E-state index in [1.807, 2.05) is 21.1 Å². The molecule has 0 saturated heterocycles. The largest absolute Gasteiger partial charge is 0.545 e. The van der Waals surface area contributed by atoms with E-state index in [9.17, 15) is 19.5 Å². The van der Waals surface area contributed by atoms with E-state index < -0.39 is 24.3 Å². The Morgan fingerprint density at radius 2 is 0.851 bits per heavy atom. The van der Waals surface area contributed by atoms with E-state index in [-0.39, 0.29) is 32.2 Å². The maximum Gasteiger partial charge on any atom is 0.306 e. The molecule has 0 aromatic heterocycles. The van der Waals surface area contributed by atoms with Crippen LogP contribution in [0.25, 0.3) is 0 Å². The van der Waals surface area contributed by atoms with Gasteiger partial charge in [-0.3, -0.25) is 9.59 Å². The van der Waals surface area contributed by atoms with E-state index in [2.05, 4.69) is 86.8 Å². The van der Waals surface area contributed by atoms with Crippen LogP contribution in [-0.4, -0.2) is 82.3 Å². The molecule has 9 heteroatoms. The van der Waals surface area contributed by atoms with E-state index >= 15 is 0 Å². The number of carboxylic acid groups (broad SMARTS) is 1. The summed E-state index contributed by atoms with van der Waals surface area (Å²) in [6.45, 7) is 4.62. The summed E-state index contributed by atoms with van der Waals surface area (Å²) < 4.78 is 22.6. The second kappa shape index (κ2) is 49.2. The molecular formula is C58H101NO8. The zero-order chi connectivity index (χ0) is 49.2. The standard InChI is InChI=1S/C58H101NO8/c1-6-8-10-12-14-16-18-19-20-21-22-23-24-25-26-27-28-29-30-31-32-33-34-35-36-37-39-41-43-45-47-49-56(61)67-54(53-66-58(57(62)63)64-51-50-59(3,4)5)52-65-55(60)48-46-44-42-40-38-17-15-13-11-9-7-2/h8,10,14,16,19-20,22-23,25-26,28-29,54,58H,6-7,9,11-13,15,17-18,21,24,27,30-53H2,1-5H3/b10-8-,16-14-,20-19-,23-22-,26-25-,29-28-. The first-order valence-corrected chi connectivity index (χ1v) is 27.1. The highest BCUT2D eigenvalue weighted by molar-refractivity contribution is 5.70. The number of aliphatic carboxylic acids is 1. The van der Waals surface area contributed by atoms with Gasteiger partial charge in [-0.1, -0.05) is 215 Å². The van der Waals surface area contributed by atoms with Gasteiger partial charge in [-0.15, -0.1) is 0 Å². The fourth-order valence-corrected chi connectivity index (χ4v) is 7.30. The summed E-state index contributed by atoms with van der Waals surface area (Å²) in [4.78, 5) is 37.1. The molecule has 0 N–H and O–H groups in total. The van der Waals surface area contributed by atoms with Crippen LogP contribution in [0.15, 0.2) is 72.9 Å². The lowest BCUT2D eigenvalue weighted by atomic mass is 10.0. The molecule has 67 heavy (non-hydrogen) atoms. The van der Waals surface area contributed by atoms with Crippen LogP contribution in [0.1, 0.15) is 219 Å². The quantitative estimate of drug-likeness (QED) is 0.0195. The van der Waals surface area contributed by atoms with Gasteiger partial charge in [0.15, 0.2) is 12.4 Å². The van der Waals surface area contributed by atoms with Crippen LogP contribution in [-0.2, 0) is 33.3 Å². The Morgan fingerprint density at radius 1 is 0.463 bits per heavy atom. The Bertz CT molecular complexity index is 1330. The Balaban J connectivity index is 4.17. The van der Waals surface area contributed by atoms with E-state index in [4.69, 9.17) is 18.9 Å². The molecule has 0 aromatic rings. The number of carboxylic acids is 1. The van der Waals surface area contributed by atoms with Gasteiger partial charge in [0, 0.05) is 12.8 Å². The summed E-state index contributed by atoms with van der Waals surface area (Å²) in [7, 11) is 5.91.